The van der Waals surface area contributed by atoms with E-state index in [0.717, 1.165) is 30.5 Å². The largest absolute Gasteiger partial charge is 0.481 e. The maximum absolute atomic E-state index is 11.8. The van der Waals surface area contributed by atoms with Gasteiger partial charge in [-0.3, -0.25) is 9.59 Å². The zero-order valence-corrected chi connectivity index (χ0v) is 11.4. The minimum atomic E-state index is -0.862. The second kappa shape index (κ2) is 7.05. The van der Waals surface area contributed by atoms with Crippen molar-refractivity contribution < 1.29 is 14.7 Å². The van der Waals surface area contributed by atoms with Gasteiger partial charge in [0.05, 0.1) is 6.42 Å². The SMILES string of the molecule is O=C(O)Cc1ccccc1CNC(=O)CC1CCCN1. The van der Waals surface area contributed by atoms with Crippen LogP contribution in [0.3, 0.4) is 0 Å². The maximum Gasteiger partial charge on any atom is 0.307 e. The lowest BCUT2D eigenvalue weighted by atomic mass is 10.0. The lowest BCUT2D eigenvalue weighted by molar-refractivity contribution is -0.136. The van der Waals surface area contributed by atoms with Crippen molar-refractivity contribution in [3.05, 3.63) is 35.4 Å². The summed E-state index contributed by atoms with van der Waals surface area (Å²) < 4.78 is 0. The lowest BCUT2D eigenvalue weighted by Crippen LogP contribution is -2.31. The van der Waals surface area contributed by atoms with Gasteiger partial charge in [-0.1, -0.05) is 24.3 Å². The van der Waals surface area contributed by atoms with Crippen molar-refractivity contribution in [3.63, 3.8) is 0 Å². The van der Waals surface area contributed by atoms with E-state index in [-0.39, 0.29) is 18.4 Å². The number of rotatable bonds is 6. The van der Waals surface area contributed by atoms with Crippen molar-refractivity contribution in [2.45, 2.75) is 38.3 Å². The minimum absolute atomic E-state index is 0.00882. The number of carboxylic acids is 1. The number of benzene rings is 1. The molecule has 0 aromatic heterocycles. The van der Waals surface area contributed by atoms with Crippen LogP contribution in [-0.2, 0) is 22.6 Å². The molecule has 3 N–H and O–H groups in total. The Hall–Kier alpha value is -1.88. The van der Waals surface area contributed by atoms with Gasteiger partial charge >= 0.3 is 5.97 Å². The number of hydrogen-bond donors (Lipinski definition) is 3. The second-order valence-electron chi connectivity index (χ2n) is 5.11. The van der Waals surface area contributed by atoms with Crippen molar-refractivity contribution in [3.8, 4) is 0 Å². The Bertz CT molecular complexity index is 482. The first kappa shape index (κ1) is 14.5. The number of aliphatic carboxylic acids is 1. The van der Waals surface area contributed by atoms with Gasteiger partial charge in [0.15, 0.2) is 0 Å². The topological polar surface area (TPSA) is 78.4 Å². The molecule has 5 nitrogen and oxygen atoms in total. The highest BCUT2D eigenvalue weighted by molar-refractivity contribution is 5.76. The zero-order chi connectivity index (χ0) is 14.4. The predicted molar refractivity (Wildman–Crippen MR) is 75.3 cm³/mol. The molecular formula is C15H20N2O3. The van der Waals surface area contributed by atoms with E-state index < -0.39 is 5.97 Å². The van der Waals surface area contributed by atoms with Crippen LogP contribution in [0, 0.1) is 0 Å². The van der Waals surface area contributed by atoms with E-state index in [1.54, 1.807) is 6.07 Å². The minimum Gasteiger partial charge on any atom is -0.481 e. The average molecular weight is 276 g/mol. The highest BCUT2D eigenvalue weighted by Crippen LogP contribution is 2.11. The summed E-state index contributed by atoms with van der Waals surface area (Å²) in [6.07, 6.45) is 2.64. The zero-order valence-electron chi connectivity index (χ0n) is 11.4. The number of carbonyl (C=O) groups is 2. The first-order valence-electron chi connectivity index (χ1n) is 6.94. The smallest absolute Gasteiger partial charge is 0.307 e. The summed E-state index contributed by atoms with van der Waals surface area (Å²) in [6.45, 7) is 1.37. The van der Waals surface area contributed by atoms with Crippen LogP contribution in [0.25, 0.3) is 0 Å². The molecule has 2 rings (SSSR count). The molecule has 0 saturated carbocycles. The molecular weight excluding hydrogens is 256 g/mol. The number of nitrogens with one attached hydrogen (secondary N) is 2. The molecule has 0 bridgehead atoms. The number of carbonyl (C=O) groups excluding carboxylic acids is 1. The Labute approximate surface area is 118 Å². The number of hydrogen-bond acceptors (Lipinski definition) is 3. The molecule has 1 atom stereocenters. The van der Waals surface area contributed by atoms with E-state index in [4.69, 9.17) is 5.11 Å². The molecule has 1 heterocycles. The molecule has 5 heteroatoms. The lowest BCUT2D eigenvalue weighted by Gasteiger charge is -2.12. The maximum atomic E-state index is 11.8. The van der Waals surface area contributed by atoms with Gasteiger partial charge in [-0.2, -0.15) is 0 Å². The van der Waals surface area contributed by atoms with Crippen LogP contribution < -0.4 is 10.6 Å². The Kier molecular flexibility index (Phi) is 5.12. The Morgan fingerprint density at radius 1 is 1.30 bits per heavy atom. The summed E-state index contributed by atoms with van der Waals surface area (Å²) in [7, 11) is 0. The molecule has 20 heavy (non-hydrogen) atoms. The van der Waals surface area contributed by atoms with Crippen molar-refractivity contribution in [2.75, 3.05) is 6.54 Å². The van der Waals surface area contributed by atoms with Gasteiger partial charge in [0.2, 0.25) is 5.91 Å². The standard InChI is InChI=1S/C15H20N2O3/c18-14(9-13-6-3-7-16-13)17-10-12-5-2-1-4-11(12)8-15(19)20/h1-2,4-5,13,16H,3,6-10H2,(H,17,18)(H,19,20). The summed E-state index contributed by atoms with van der Waals surface area (Å²) in [5.74, 6) is -0.853. The summed E-state index contributed by atoms with van der Waals surface area (Å²) in [5.41, 5.74) is 1.61. The molecule has 0 radical (unpaired) electrons. The summed E-state index contributed by atoms with van der Waals surface area (Å²) in [5, 5.41) is 15.0. The van der Waals surface area contributed by atoms with Gasteiger partial charge in [0, 0.05) is 19.0 Å². The Morgan fingerprint density at radius 2 is 2.05 bits per heavy atom. The molecule has 1 aliphatic heterocycles. The van der Waals surface area contributed by atoms with Crippen LogP contribution in [0.2, 0.25) is 0 Å². The molecule has 1 aromatic carbocycles. The molecule has 0 spiro atoms. The Balaban J connectivity index is 1.86. The third-order valence-electron chi connectivity index (χ3n) is 3.53. The van der Waals surface area contributed by atoms with Crippen molar-refractivity contribution in [1.29, 1.82) is 0 Å². The fourth-order valence-electron chi connectivity index (χ4n) is 2.49. The third-order valence-corrected chi connectivity index (χ3v) is 3.53. The highest BCUT2D eigenvalue weighted by Gasteiger charge is 2.17. The molecule has 1 amide bonds. The van der Waals surface area contributed by atoms with E-state index in [1.807, 2.05) is 18.2 Å². The van der Waals surface area contributed by atoms with Crippen molar-refractivity contribution >= 4 is 11.9 Å². The third kappa shape index (κ3) is 4.35. The summed E-state index contributed by atoms with van der Waals surface area (Å²) >= 11 is 0. The quantitative estimate of drug-likeness (QED) is 0.726. The van der Waals surface area contributed by atoms with Gasteiger partial charge in [-0.05, 0) is 30.5 Å². The van der Waals surface area contributed by atoms with Crippen LogP contribution in [0.4, 0.5) is 0 Å². The van der Waals surface area contributed by atoms with Gasteiger partial charge < -0.3 is 15.7 Å². The van der Waals surface area contributed by atoms with Crippen LogP contribution >= 0.6 is 0 Å². The fraction of sp³-hybridized carbons (Fsp3) is 0.467. The van der Waals surface area contributed by atoms with E-state index in [2.05, 4.69) is 10.6 Å². The summed E-state index contributed by atoms with van der Waals surface area (Å²) in [4.78, 5) is 22.6. The van der Waals surface area contributed by atoms with E-state index in [1.165, 1.54) is 0 Å². The normalized spacial score (nSPS) is 17.9. The molecule has 108 valence electrons. The molecule has 1 aromatic rings. The number of amides is 1. The van der Waals surface area contributed by atoms with Crippen LogP contribution in [0.15, 0.2) is 24.3 Å². The summed E-state index contributed by atoms with van der Waals surface area (Å²) in [6, 6.07) is 7.59. The molecule has 0 aliphatic carbocycles. The van der Waals surface area contributed by atoms with Gasteiger partial charge in [-0.25, -0.2) is 0 Å². The van der Waals surface area contributed by atoms with Gasteiger partial charge in [0.1, 0.15) is 0 Å². The monoisotopic (exact) mass is 276 g/mol. The van der Waals surface area contributed by atoms with Crippen LogP contribution in [0.1, 0.15) is 30.4 Å². The molecule has 1 aliphatic rings. The average Bonchev–Trinajstić information content (AvgIpc) is 2.90. The van der Waals surface area contributed by atoms with E-state index >= 15 is 0 Å². The van der Waals surface area contributed by atoms with E-state index in [9.17, 15) is 9.59 Å². The molecule has 1 saturated heterocycles. The predicted octanol–water partition coefficient (Wildman–Crippen LogP) is 1.07. The molecule has 1 fully saturated rings. The molecule has 1 unspecified atom stereocenters. The van der Waals surface area contributed by atoms with Crippen LogP contribution in [-0.4, -0.2) is 29.6 Å². The van der Waals surface area contributed by atoms with Crippen molar-refractivity contribution in [2.24, 2.45) is 0 Å². The first-order chi connectivity index (χ1) is 9.65. The van der Waals surface area contributed by atoms with Crippen molar-refractivity contribution in [1.82, 2.24) is 10.6 Å². The fourth-order valence-corrected chi connectivity index (χ4v) is 2.49. The van der Waals surface area contributed by atoms with Gasteiger partial charge in [-0.15, -0.1) is 0 Å². The number of carboxylic acid groups (broad SMARTS) is 1. The first-order valence-corrected chi connectivity index (χ1v) is 6.94. The highest BCUT2D eigenvalue weighted by atomic mass is 16.4. The van der Waals surface area contributed by atoms with E-state index in [0.29, 0.717) is 13.0 Å². The second-order valence-corrected chi connectivity index (χ2v) is 5.11. The van der Waals surface area contributed by atoms with Gasteiger partial charge in [0.25, 0.3) is 0 Å². The van der Waals surface area contributed by atoms with Crippen LogP contribution in [0.5, 0.6) is 0 Å². The Morgan fingerprint density at radius 3 is 2.70 bits per heavy atom.